The molecular formula is C28H31N3O2. The second kappa shape index (κ2) is 10.3. The van der Waals surface area contributed by atoms with E-state index >= 15 is 0 Å². The molecule has 0 atom stereocenters. The molecule has 0 bridgehead atoms. The monoisotopic (exact) mass is 441 g/mol. The van der Waals surface area contributed by atoms with Crippen LogP contribution in [-0.2, 0) is 16.1 Å². The van der Waals surface area contributed by atoms with Crippen molar-refractivity contribution in [2.75, 3.05) is 13.1 Å². The van der Waals surface area contributed by atoms with Crippen molar-refractivity contribution in [2.24, 2.45) is 5.92 Å². The fourth-order valence-electron chi connectivity index (χ4n) is 4.49. The van der Waals surface area contributed by atoms with Gasteiger partial charge in [0.2, 0.25) is 11.8 Å². The van der Waals surface area contributed by atoms with Crippen LogP contribution < -0.4 is 5.32 Å². The molecule has 33 heavy (non-hydrogen) atoms. The van der Waals surface area contributed by atoms with Gasteiger partial charge >= 0.3 is 0 Å². The Balaban J connectivity index is 1.31. The van der Waals surface area contributed by atoms with Crippen LogP contribution in [0.4, 0.5) is 0 Å². The third kappa shape index (κ3) is 5.43. The lowest BCUT2D eigenvalue weighted by Crippen LogP contribution is -2.42. The first kappa shape index (κ1) is 22.6. The number of nitrogens with one attached hydrogen (secondary N) is 1. The summed E-state index contributed by atoms with van der Waals surface area (Å²) in [6, 6.07) is 22.2. The van der Waals surface area contributed by atoms with Crippen LogP contribution in [-0.4, -0.2) is 34.4 Å². The SMILES string of the molecule is Cc1cc(/C=C/C(=O)N2CCC(C(=O)NCc3ccccc3)CC2)c(C)n1-c1ccccc1. The van der Waals surface area contributed by atoms with Crippen LogP contribution in [0, 0.1) is 19.8 Å². The van der Waals surface area contributed by atoms with Crippen LogP contribution in [0.1, 0.15) is 35.4 Å². The van der Waals surface area contributed by atoms with Crippen LogP contribution >= 0.6 is 0 Å². The number of hydrogen-bond donors (Lipinski definition) is 1. The minimum absolute atomic E-state index is 0.00246. The second-order valence-electron chi connectivity index (χ2n) is 8.63. The zero-order valence-corrected chi connectivity index (χ0v) is 19.3. The number of rotatable bonds is 6. The summed E-state index contributed by atoms with van der Waals surface area (Å²) in [7, 11) is 0. The molecule has 5 heteroatoms. The molecular weight excluding hydrogens is 410 g/mol. The molecule has 170 valence electrons. The summed E-state index contributed by atoms with van der Waals surface area (Å²) in [5.74, 6) is 0.0454. The summed E-state index contributed by atoms with van der Waals surface area (Å²) in [5.41, 5.74) is 5.49. The van der Waals surface area contributed by atoms with Crippen LogP contribution in [0.5, 0.6) is 0 Å². The Kier molecular flexibility index (Phi) is 7.08. The Morgan fingerprint density at radius 3 is 2.27 bits per heavy atom. The van der Waals surface area contributed by atoms with Gasteiger partial charge in [-0.1, -0.05) is 48.5 Å². The van der Waals surface area contributed by atoms with Gasteiger partial charge in [0.15, 0.2) is 0 Å². The minimum Gasteiger partial charge on any atom is -0.352 e. The van der Waals surface area contributed by atoms with E-state index in [0.717, 1.165) is 28.2 Å². The predicted molar refractivity (Wildman–Crippen MR) is 132 cm³/mol. The number of nitrogens with zero attached hydrogens (tertiary/aromatic N) is 2. The quantitative estimate of drug-likeness (QED) is 0.566. The van der Waals surface area contributed by atoms with Crippen LogP contribution in [0.15, 0.2) is 72.8 Å². The van der Waals surface area contributed by atoms with Gasteiger partial charge in [0.25, 0.3) is 0 Å². The van der Waals surface area contributed by atoms with Gasteiger partial charge in [-0.05, 0) is 62.1 Å². The summed E-state index contributed by atoms with van der Waals surface area (Å²) >= 11 is 0. The summed E-state index contributed by atoms with van der Waals surface area (Å²) < 4.78 is 2.20. The van der Waals surface area contributed by atoms with Crippen molar-refractivity contribution in [1.82, 2.24) is 14.8 Å². The maximum absolute atomic E-state index is 12.8. The first-order valence-electron chi connectivity index (χ1n) is 11.6. The normalized spacial score (nSPS) is 14.5. The molecule has 2 heterocycles. The molecule has 2 aromatic carbocycles. The molecule has 1 aliphatic rings. The Labute approximate surface area is 195 Å². The number of benzene rings is 2. The van der Waals surface area contributed by atoms with Gasteiger partial charge in [-0.15, -0.1) is 0 Å². The van der Waals surface area contributed by atoms with E-state index in [1.807, 2.05) is 59.5 Å². The number of hydrogen-bond acceptors (Lipinski definition) is 2. The molecule has 5 nitrogen and oxygen atoms in total. The molecule has 4 rings (SSSR count). The summed E-state index contributed by atoms with van der Waals surface area (Å²) in [4.78, 5) is 27.1. The van der Waals surface area contributed by atoms with Crippen LogP contribution in [0.25, 0.3) is 11.8 Å². The van der Waals surface area contributed by atoms with Crippen LogP contribution in [0.2, 0.25) is 0 Å². The van der Waals surface area contributed by atoms with Crippen molar-refractivity contribution >= 4 is 17.9 Å². The Bertz CT molecular complexity index is 1120. The van der Waals surface area contributed by atoms with Crippen molar-refractivity contribution in [1.29, 1.82) is 0 Å². The number of para-hydroxylation sites is 1. The highest BCUT2D eigenvalue weighted by molar-refractivity contribution is 5.92. The molecule has 0 spiro atoms. The second-order valence-corrected chi connectivity index (χ2v) is 8.63. The Morgan fingerprint density at radius 2 is 1.61 bits per heavy atom. The molecule has 1 saturated heterocycles. The van der Waals surface area contributed by atoms with Crippen molar-refractivity contribution in [2.45, 2.75) is 33.2 Å². The number of aromatic nitrogens is 1. The molecule has 1 fully saturated rings. The number of aryl methyl sites for hydroxylation is 1. The van der Waals surface area contributed by atoms with Gasteiger partial charge in [-0.25, -0.2) is 0 Å². The number of piperidine rings is 1. The molecule has 1 N–H and O–H groups in total. The highest BCUT2D eigenvalue weighted by Crippen LogP contribution is 2.22. The summed E-state index contributed by atoms with van der Waals surface area (Å²) in [5, 5.41) is 3.03. The Hall–Kier alpha value is -3.60. The highest BCUT2D eigenvalue weighted by atomic mass is 16.2. The van der Waals surface area contributed by atoms with Gasteiger partial charge in [0.05, 0.1) is 0 Å². The standard InChI is InChI=1S/C28H31N3O2/c1-21-19-25(22(2)31(21)26-11-7-4-8-12-26)13-14-27(32)30-17-15-24(16-18-30)28(33)29-20-23-9-5-3-6-10-23/h3-14,19,24H,15-18,20H2,1-2H3,(H,29,33)/b14-13+. The van der Waals surface area contributed by atoms with Crippen LogP contribution in [0.3, 0.4) is 0 Å². The van der Waals surface area contributed by atoms with E-state index in [1.165, 1.54) is 0 Å². The van der Waals surface area contributed by atoms with Gasteiger partial charge in [0.1, 0.15) is 0 Å². The molecule has 0 radical (unpaired) electrons. The summed E-state index contributed by atoms with van der Waals surface area (Å²) in [6.45, 7) is 5.91. The lowest BCUT2D eigenvalue weighted by atomic mass is 9.95. The van der Waals surface area contributed by atoms with E-state index in [0.29, 0.717) is 32.5 Å². The highest BCUT2D eigenvalue weighted by Gasteiger charge is 2.26. The number of carbonyl (C=O) groups excluding carboxylic acids is 2. The van der Waals surface area contributed by atoms with Crippen molar-refractivity contribution in [3.63, 3.8) is 0 Å². The lowest BCUT2D eigenvalue weighted by Gasteiger charge is -2.30. The molecule has 1 aromatic heterocycles. The van der Waals surface area contributed by atoms with Gasteiger partial charge in [0, 0.05) is 48.7 Å². The molecule has 1 aliphatic heterocycles. The van der Waals surface area contributed by atoms with E-state index in [9.17, 15) is 9.59 Å². The lowest BCUT2D eigenvalue weighted by molar-refractivity contribution is -0.132. The smallest absolute Gasteiger partial charge is 0.246 e. The van der Waals surface area contributed by atoms with Gasteiger partial charge in [-0.3, -0.25) is 9.59 Å². The average molecular weight is 442 g/mol. The molecule has 0 saturated carbocycles. The van der Waals surface area contributed by atoms with E-state index < -0.39 is 0 Å². The minimum atomic E-state index is -0.0356. The molecule has 0 unspecified atom stereocenters. The first-order valence-corrected chi connectivity index (χ1v) is 11.6. The van der Waals surface area contributed by atoms with Gasteiger partial charge < -0.3 is 14.8 Å². The average Bonchev–Trinajstić information content (AvgIpc) is 3.15. The number of likely N-dealkylation sites (tertiary alicyclic amines) is 1. The third-order valence-electron chi connectivity index (χ3n) is 6.38. The maximum Gasteiger partial charge on any atom is 0.246 e. The van der Waals surface area contributed by atoms with Crippen molar-refractivity contribution < 1.29 is 9.59 Å². The van der Waals surface area contributed by atoms with E-state index in [2.05, 4.69) is 41.9 Å². The van der Waals surface area contributed by atoms with Crippen molar-refractivity contribution in [3.05, 3.63) is 95.3 Å². The third-order valence-corrected chi connectivity index (χ3v) is 6.38. The Morgan fingerprint density at radius 1 is 0.970 bits per heavy atom. The fraction of sp³-hybridized carbons (Fsp3) is 0.286. The zero-order valence-electron chi connectivity index (χ0n) is 19.3. The fourth-order valence-corrected chi connectivity index (χ4v) is 4.49. The maximum atomic E-state index is 12.8. The van der Waals surface area contributed by atoms with E-state index in [4.69, 9.17) is 0 Å². The number of carbonyl (C=O) groups is 2. The molecule has 2 amide bonds. The van der Waals surface area contributed by atoms with Gasteiger partial charge in [-0.2, -0.15) is 0 Å². The largest absolute Gasteiger partial charge is 0.352 e. The zero-order chi connectivity index (χ0) is 23.2. The summed E-state index contributed by atoms with van der Waals surface area (Å²) in [6.07, 6.45) is 4.96. The first-order chi connectivity index (χ1) is 16.0. The topological polar surface area (TPSA) is 54.3 Å². The van der Waals surface area contributed by atoms with E-state index in [1.54, 1.807) is 6.08 Å². The number of amides is 2. The molecule has 3 aromatic rings. The van der Waals surface area contributed by atoms with Crippen molar-refractivity contribution in [3.8, 4) is 5.69 Å². The molecule has 0 aliphatic carbocycles. The van der Waals surface area contributed by atoms with E-state index in [-0.39, 0.29) is 17.7 Å². The predicted octanol–water partition coefficient (Wildman–Crippen LogP) is 4.66.